The Labute approximate surface area is 167 Å². The molecule has 1 fully saturated rings. The molecule has 0 bridgehead atoms. The first kappa shape index (κ1) is 20.5. The quantitative estimate of drug-likeness (QED) is 0.739. The molecule has 0 unspecified atom stereocenters. The van der Waals surface area contributed by atoms with Crippen molar-refractivity contribution in [3.05, 3.63) is 71.5 Å². The minimum Gasteiger partial charge on any atom is -0.370 e. The number of benzene rings is 2. The second kappa shape index (κ2) is 9.79. The molecule has 1 saturated heterocycles. The van der Waals surface area contributed by atoms with Crippen molar-refractivity contribution in [1.29, 1.82) is 0 Å². The van der Waals surface area contributed by atoms with Gasteiger partial charge in [0.05, 0.1) is 19.7 Å². The zero-order chi connectivity index (χ0) is 20.6. The molecule has 29 heavy (non-hydrogen) atoms. The largest absolute Gasteiger partial charge is 0.370 e. The van der Waals surface area contributed by atoms with Crippen LogP contribution < -0.4 is 10.6 Å². The van der Waals surface area contributed by atoms with E-state index >= 15 is 0 Å². The van der Waals surface area contributed by atoms with Crippen molar-refractivity contribution in [2.45, 2.75) is 12.6 Å². The number of morpholine rings is 1. The van der Waals surface area contributed by atoms with Crippen LogP contribution in [0.25, 0.3) is 0 Å². The van der Waals surface area contributed by atoms with Gasteiger partial charge in [-0.2, -0.15) is 0 Å². The molecule has 7 nitrogen and oxygen atoms in total. The van der Waals surface area contributed by atoms with Crippen LogP contribution in [0.4, 0.5) is 4.39 Å². The average molecular weight is 399 g/mol. The molecule has 0 aliphatic carbocycles. The van der Waals surface area contributed by atoms with E-state index in [1.54, 1.807) is 4.90 Å². The Morgan fingerprint density at radius 2 is 1.69 bits per heavy atom. The lowest BCUT2D eigenvalue weighted by atomic mass is 10.1. The Hall–Kier alpha value is -3.26. The van der Waals surface area contributed by atoms with Crippen LogP contribution in [0.2, 0.25) is 0 Å². The van der Waals surface area contributed by atoms with Gasteiger partial charge in [-0.05, 0) is 23.3 Å². The molecule has 2 N–H and O–H groups in total. The van der Waals surface area contributed by atoms with Gasteiger partial charge in [0.1, 0.15) is 11.9 Å². The molecule has 1 aliphatic heterocycles. The van der Waals surface area contributed by atoms with Crippen LogP contribution >= 0.6 is 0 Å². The molecule has 0 saturated carbocycles. The molecule has 0 radical (unpaired) electrons. The number of hydrogen-bond donors (Lipinski definition) is 2. The summed E-state index contributed by atoms with van der Waals surface area (Å²) in [7, 11) is 0. The van der Waals surface area contributed by atoms with Gasteiger partial charge in [0.2, 0.25) is 5.91 Å². The third kappa shape index (κ3) is 5.86. The van der Waals surface area contributed by atoms with Crippen LogP contribution in [-0.2, 0) is 25.7 Å². The topological polar surface area (TPSA) is 87.7 Å². The molecule has 1 aliphatic rings. The van der Waals surface area contributed by atoms with E-state index in [1.165, 1.54) is 24.3 Å². The zero-order valence-corrected chi connectivity index (χ0v) is 15.8. The van der Waals surface area contributed by atoms with Crippen molar-refractivity contribution >= 4 is 17.7 Å². The lowest BCUT2D eigenvalue weighted by Crippen LogP contribution is -2.48. The maximum atomic E-state index is 12.9. The fourth-order valence-corrected chi connectivity index (χ4v) is 2.96. The molecule has 152 valence electrons. The summed E-state index contributed by atoms with van der Waals surface area (Å²) in [5.41, 5.74) is 1.64. The van der Waals surface area contributed by atoms with E-state index in [0.717, 1.165) is 5.56 Å². The number of carbonyl (C=O) groups is 3. The van der Waals surface area contributed by atoms with Gasteiger partial charge in [0.15, 0.2) is 0 Å². The molecule has 8 heteroatoms. The first-order valence-corrected chi connectivity index (χ1v) is 9.27. The summed E-state index contributed by atoms with van der Waals surface area (Å²) in [4.78, 5) is 37.8. The number of rotatable bonds is 5. The van der Waals surface area contributed by atoms with Crippen molar-refractivity contribution < 1.29 is 23.5 Å². The number of nitrogens with one attached hydrogen (secondary N) is 2. The summed E-state index contributed by atoms with van der Waals surface area (Å²) in [5.74, 6) is -2.41. The Bertz CT molecular complexity index is 858. The Morgan fingerprint density at radius 1 is 1.00 bits per heavy atom. The second-order valence-electron chi connectivity index (χ2n) is 6.60. The molecular weight excluding hydrogens is 377 g/mol. The van der Waals surface area contributed by atoms with E-state index in [9.17, 15) is 18.8 Å². The fraction of sp³-hybridized carbons (Fsp3) is 0.286. The lowest BCUT2D eigenvalue weighted by molar-refractivity contribution is -0.142. The maximum Gasteiger partial charge on any atom is 0.309 e. The summed E-state index contributed by atoms with van der Waals surface area (Å²) in [6.45, 7) is 1.02. The van der Waals surface area contributed by atoms with Crippen molar-refractivity contribution in [2.75, 3.05) is 26.2 Å². The van der Waals surface area contributed by atoms with Gasteiger partial charge >= 0.3 is 11.8 Å². The molecule has 0 spiro atoms. The second-order valence-corrected chi connectivity index (χ2v) is 6.60. The number of nitrogens with zero attached hydrogens (tertiary/aromatic N) is 1. The molecule has 2 aromatic rings. The van der Waals surface area contributed by atoms with Crippen molar-refractivity contribution in [1.82, 2.24) is 15.5 Å². The molecule has 1 atom stereocenters. The summed E-state index contributed by atoms with van der Waals surface area (Å²) < 4.78 is 18.6. The van der Waals surface area contributed by atoms with E-state index in [-0.39, 0.29) is 30.9 Å². The Kier molecular flexibility index (Phi) is 6.91. The number of carbonyl (C=O) groups excluding carboxylic acids is 3. The highest BCUT2D eigenvalue weighted by atomic mass is 19.1. The van der Waals surface area contributed by atoms with E-state index in [2.05, 4.69) is 10.6 Å². The van der Waals surface area contributed by atoms with Gasteiger partial charge in [0.25, 0.3) is 0 Å². The first-order chi connectivity index (χ1) is 14.0. The zero-order valence-electron chi connectivity index (χ0n) is 15.8. The predicted octanol–water partition coefficient (Wildman–Crippen LogP) is 1.16. The summed E-state index contributed by atoms with van der Waals surface area (Å²) in [6, 6.07) is 15.2. The number of amides is 3. The average Bonchev–Trinajstić information content (AvgIpc) is 2.77. The van der Waals surface area contributed by atoms with E-state index in [0.29, 0.717) is 25.3 Å². The highest BCUT2D eigenvalue weighted by molar-refractivity contribution is 6.35. The van der Waals surface area contributed by atoms with Gasteiger partial charge in [-0.15, -0.1) is 0 Å². The van der Waals surface area contributed by atoms with Crippen LogP contribution in [0.3, 0.4) is 0 Å². The van der Waals surface area contributed by atoms with Crippen molar-refractivity contribution in [3.63, 3.8) is 0 Å². The van der Waals surface area contributed by atoms with Gasteiger partial charge in [-0.3, -0.25) is 14.4 Å². The molecule has 0 aromatic heterocycles. The Morgan fingerprint density at radius 3 is 2.41 bits per heavy atom. The van der Waals surface area contributed by atoms with Crippen LogP contribution in [0.1, 0.15) is 17.2 Å². The predicted molar refractivity (Wildman–Crippen MR) is 103 cm³/mol. The van der Waals surface area contributed by atoms with E-state index in [1.807, 2.05) is 30.3 Å². The smallest absolute Gasteiger partial charge is 0.309 e. The number of ether oxygens (including phenoxy) is 1. The standard InChI is InChI=1S/C21H22FN3O4/c22-17-8-6-15(7-9-17)12-23-20(27)21(28)24-13-19(26)25-10-11-29-18(14-25)16-4-2-1-3-5-16/h1-9,18H,10-14H2,(H,23,27)(H,24,28)/t18-/m0/s1. The fourth-order valence-electron chi connectivity index (χ4n) is 2.96. The van der Waals surface area contributed by atoms with Crippen LogP contribution in [0.5, 0.6) is 0 Å². The minimum absolute atomic E-state index is 0.0860. The van der Waals surface area contributed by atoms with Crippen molar-refractivity contribution in [2.24, 2.45) is 0 Å². The molecule has 1 heterocycles. The van der Waals surface area contributed by atoms with Gasteiger partial charge in [0, 0.05) is 13.1 Å². The summed E-state index contributed by atoms with van der Waals surface area (Å²) in [6.07, 6.45) is -0.219. The van der Waals surface area contributed by atoms with Gasteiger partial charge in [-0.1, -0.05) is 42.5 Å². The van der Waals surface area contributed by atoms with Crippen LogP contribution in [0, 0.1) is 5.82 Å². The summed E-state index contributed by atoms with van der Waals surface area (Å²) >= 11 is 0. The normalized spacial score (nSPS) is 16.2. The third-order valence-corrected chi connectivity index (χ3v) is 4.56. The first-order valence-electron chi connectivity index (χ1n) is 9.27. The third-order valence-electron chi connectivity index (χ3n) is 4.56. The monoisotopic (exact) mass is 399 g/mol. The van der Waals surface area contributed by atoms with E-state index < -0.39 is 11.8 Å². The molecule has 2 aromatic carbocycles. The minimum atomic E-state index is -0.895. The van der Waals surface area contributed by atoms with Crippen molar-refractivity contribution in [3.8, 4) is 0 Å². The van der Waals surface area contributed by atoms with Crippen LogP contribution in [0.15, 0.2) is 54.6 Å². The molecule has 3 amide bonds. The molecule has 3 rings (SSSR count). The number of halogens is 1. The maximum absolute atomic E-state index is 12.9. The van der Waals surface area contributed by atoms with Gasteiger partial charge in [-0.25, -0.2) is 4.39 Å². The van der Waals surface area contributed by atoms with E-state index in [4.69, 9.17) is 4.74 Å². The highest BCUT2D eigenvalue weighted by Crippen LogP contribution is 2.21. The number of hydrogen-bond acceptors (Lipinski definition) is 4. The molecular formula is C21H22FN3O4. The lowest BCUT2D eigenvalue weighted by Gasteiger charge is -2.33. The summed E-state index contributed by atoms with van der Waals surface area (Å²) in [5, 5.41) is 4.77. The van der Waals surface area contributed by atoms with Gasteiger partial charge < -0.3 is 20.3 Å². The van der Waals surface area contributed by atoms with Crippen LogP contribution in [-0.4, -0.2) is 48.9 Å². The SMILES string of the molecule is O=C(NCC(=O)N1CCO[C@H](c2ccccc2)C1)C(=O)NCc1ccc(F)cc1. The Balaban J connectivity index is 1.43. The highest BCUT2D eigenvalue weighted by Gasteiger charge is 2.26.